The summed E-state index contributed by atoms with van der Waals surface area (Å²) in [6.07, 6.45) is 6.46. The first-order valence-corrected chi connectivity index (χ1v) is 4.58. The van der Waals surface area contributed by atoms with Crippen molar-refractivity contribution < 1.29 is 4.74 Å². The van der Waals surface area contributed by atoms with Crippen LogP contribution >= 0.6 is 0 Å². The van der Waals surface area contributed by atoms with Gasteiger partial charge in [-0.3, -0.25) is 5.41 Å². The fourth-order valence-electron chi connectivity index (χ4n) is 1.24. The third-order valence-electron chi connectivity index (χ3n) is 2.30. The van der Waals surface area contributed by atoms with Gasteiger partial charge in [-0.05, 0) is 19.3 Å². The molecule has 0 aromatic carbocycles. The van der Waals surface area contributed by atoms with Gasteiger partial charge in [0.25, 0.3) is 0 Å². The monoisotopic (exact) mass is 192 g/mol. The summed E-state index contributed by atoms with van der Waals surface area (Å²) in [6.45, 7) is 0. The van der Waals surface area contributed by atoms with Crippen LogP contribution in [0, 0.1) is 5.41 Å². The van der Waals surface area contributed by atoms with E-state index in [1.165, 1.54) is 18.9 Å². The van der Waals surface area contributed by atoms with Crippen LogP contribution in [0.5, 0.6) is 5.88 Å². The average Bonchev–Trinajstić information content (AvgIpc) is 2.12. The molecular formula is C9H12N4O. The third kappa shape index (κ3) is 1.66. The van der Waals surface area contributed by atoms with E-state index in [9.17, 15) is 0 Å². The normalized spacial score (nSPS) is 16.0. The summed E-state index contributed by atoms with van der Waals surface area (Å²) in [7, 11) is 0. The van der Waals surface area contributed by atoms with Crippen molar-refractivity contribution >= 4 is 5.84 Å². The van der Waals surface area contributed by atoms with Gasteiger partial charge in [-0.25, -0.2) is 9.97 Å². The molecule has 0 bridgehead atoms. The molecule has 0 spiro atoms. The lowest BCUT2D eigenvalue weighted by atomic mass is 9.96. The summed E-state index contributed by atoms with van der Waals surface area (Å²) in [6, 6.07) is 0. The zero-order valence-electron chi connectivity index (χ0n) is 7.73. The number of nitrogens with zero attached hydrogens (tertiary/aromatic N) is 2. The van der Waals surface area contributed by atoms with Crippen molar-refractivity contribution in [3.05, 3.63) is 18.1 Å². The standard InChI is InChI=1S/C9H12N4O/c10-8(11)7-4-12-5-13-9(7)14-6-2-1-3-6/h4-6H,1-3H2,(H3,10,11). The van der Waals surface area contributed by atoms with Gasteiger partial charge < -0.3 is 10.5 Å². The number of nitrogens with one attached hydrogen (secondary N) is 1. The second-order valence-electron chi connectivity index (χ2n) is 3.33. The molecule has 1 saturated carbocycles. The van der Waals surface area contributed by atoms with E-state index < -0.39 is 0 Å². The number of hydrogen-bond acceptors (Lipinski definition) is 4. The predicted octanol–water partition coefficient (Wildman–Crippen LogP) is 0.692. The minimum atomic E-state index is -0.0556. The molecule has 5 heteroatoms. The minimum Gasteiger partial charge on any atom is -0.474 e. The highest BCUT2D eigenvalue weighted by Gasteiger charge is 2.21. The van der Waals surface area contributed by atoms with Crippen molar-refractivity contribution in [1.82, 2.24) is 9.97 Å². The van der Waals surface area contributed by atoms with Gasteiger partial charge in [-0.2, -0.15) is 0 Å². The molecule has 0 radical (unpaired) electrons. The van der Waals surface area contributed by atoms with Gasteiger partial charge in [0.15, 0.2) is 0 Å². The molecule has 1 aromatic rings. The SMILES string of the molecule is N=C(N)c1cncnc1OC1CCC1. The Labute approximate surface area is 81.8 Å². The Morgan fingerprint density at radius 3 is 2.93 bits per heavy atom. The van der Waals surface area contributed by atoms with Crippen LogP contribution in [0.4, 0.5) is 0 Å². The second kappa shape index (κ2) is 3.61. The van der Waals surface area contributed by atoms with Crippen LogP contribution in [-0.4, -0.2) is 21.9 Å². The summed E-state index contributed by atoms with van der Waals surface area (Å²) in [4.78, 5) is 7.77. The summed E-state index contributed by atoms with van der Waals surface area (Å²) >= 11 is 0. The highest BCUT2D eigenvalue weighted by Crippen LogP contribution is 2.25. The van der Waals surface area contributed by atoms with E-state index >= 15 is 0 Å². The molecular weight excluding hydrogens is 180 g/mol. The molecule has 1 aliphatic carbocycles. The molecule has 0 amide bonds. The summed E-state index contributed by atoms with van der Waals surface area (Å²) in [5.41, 5.74) is 5.84. The van der Waals surface area contributed by atoms with Crippen molar-refractivity contribution in [3.63, 3.8) is 0 Å². The first-order chi connectivity index (χ1) is 6.77. The molecule has 3 N–H and O–H groups in total. The van der Waals surface area contributed by atoms with Crippen LogP contribution in [0.15, 0.2) is 12.5 Å². The Morgan fingerprint density at radius 1 is 1.57 bits per heavy atom. The quantitative estimate of drug-likeness (QED) is 0.545. The third-order valence-corrected chi connectivity index (χ3v) is 2.30. The van der Waals surface area contributed by atoms with Gasteiger partial charge in [0.05, 0.1) is 5.56 Å². The largest absolute Gasteiger partial charge is 0.474 e. The Balaban J connectivity index is 2.17. The van der Waals surface area contributed by atoms with Crippen LogP contribution in [0.3, 0.4) is 0 Å². The number of ether oxygens (including phenoxy) is 1. The smallest absolute Gasteiger partial charge is 0.227 e. The number of aromatic nitrogens is 2. The molecule has 0 aliphatic heterocycles. The molecule has 1 aliphatic rings. The molecule has 1 fully saturated rings. The molecule has 14 heavy (non-hydrogen) atoms. The van der Waals surface area contributed by atoms with Gasteiger partial charge >= 0.3 is 0 Å². The van der Waals surface area contributed by atoms with Gasteiger partial charge in [0.2, 0.25) is 5.88 Å². The highest BCUT2D eigenvalue weighted by molar-refractivity contribution is 5.96. The summed E-state index contributed by atoms with van der Waals surface area (Å²) in [5, 5.41) is 7.31. The van der Waals surface area contributed by atoms with E-state index in [0.717, 1.165) is 12.8 Å². The topological polar surface area (TPSA) is 84.9 Å². The zero-order chi connectivity index (χ0) is 9.97. The van der Waals surface area contributed by atoms with E-state index in [1.54, 1.807) is 0 Å². The van der Waals surface area contributed by atoms with E-state index in [-0.39, 0.29) is 11.9 Å². The lowest BCUT2D eigenvalue weighted by Gasteiger charge is -2.26. The Morgan fingerprint density at radius 2 is 2.36 bits per heavy atom. The minimum absolute atomic E-state index is 0.0556. The number of hydrogen-bond donors (Lipinski definition) is 2. The van der Waals surface area contributed by atoms with Crippen molar-refractivity contribution in [3.8, 4) is 5.88 Å². The average molecular weight is 192 g/mol. The van der Waals surface area contributed by atoms with Crippen molar-refractivity contribution in [2.24, 2.45) is 5.73 Å². The van der Waals surface area contributed by atoms with Crippen LogP contribution in [0.25, 0.3) is 0 Å². The van der Waals surface area contributed by atoms with Gasteiger partial charge in [-0.15, -0.1) is 0 Å². The van der Waals surface area contributed by atoms with Crippen LogP contribution in [0.1, 0.15) is 24.8 Å². The number of rotatable bonds is 3. The Hall–Kier alpha value is -1.65. The van der Waals surface area contributed by atoms with E-state index in [4.69, 9.17) is 15.9 Å². The van der Waals surface area contributed by atoms with Crippen molar-refractivity contribution in [1.29, 1.82) is 5.41 Å². The van der Waals surface area contributed by atoms with E-state index in [1.807, 2.05) is 0 Å². The van der Waals surface area contributed by atoms with E-state index in [0.29, 0.717) is 11.4 Å². The number of amidine groups is 1. The van der Waals surface area contributed by atoms with Crippen LogP contribution in [0.2, 0.25) is 0 Å². The lowest BCUT2D eigenvalue weighted by Crippen LogP contribution is -2.26. The fourth-order valence-corrected chi connectivity index (χ4v) is 1.24. The number of nitrogen functional groups attached to an aromatic ring is 1. The molecule has 1 aromatic heterocycles. The first kappa shape index (κ1) is 8.93. The van der Waals surface area contributed by atoms with Crippen molar-refractivity contribution in [2.75, 3.05) is 0 Å². The molecule has 74 valence electrons. The molecule has 0 saturated heterocycles. The number of nitrogens with two attached hydrogens (primary N) is 1. The molecule has 2 rings (SSSR count). The lowest BCUT2D eigenvalue weighted by molar-refractivity contribution is 0.114. The molecule has 1 heterocycles. The first-order valence-electron chi connectivity index (χ1n) is 4.58. The highest BCUT2D eigenvalue weighted by atomic mass is 16.5. The Bertz CT molecular complexity index is 348. The van der Waals surface area contributed by atoms with Crippen LogP contribution < -0.4 is 10.5 Å². The molecule has 5 nitrogen and oxygen atoms in total. The fraction of sp³-hybridized carbons (Fsp3) is 0.444. The maximum absolute atomic E-state index is 7.31. The predicted molar refractivity (Wildman–Crippen MR) is 51.3 cm³/mol. The second-order valence-corrected chi connectivity index (χ2v) is 3.33. The molecule has 0 unspecified atom stereocenters. The van der Waals surface area contributed by atoms with Gasteiger partial charge in [0.1, 0.15) is 18.3 Å². The van der Waals surface area contributed by atoms with Gasteiger partial charge in [-0.1, -0.05) is 0 Å². The maximum Gasteiger partial charge on any atom is 0.227 e. The maximum atomic E-state index is 7.31. The van der Waals surface area contributed by atoms with Crippen molar-refractivity contribution in [2.45, 2.75) is 25.4 Å². The Kier molecular flexibility index (Phi) is 2.30. The van der Waals surface area contributed by atoms with Crippen LogP contribution in [-0.2, 0) is 0 Å². The van der Waals surface area contributed by atoms with E-state index in [2.05, 4.69) is 9.97 Å². The zero-order valence-corrected chi connectivity index (χ0v) is 7.73. The summed E-state index contributed by atoms with van der Waals surface area (Å²) in [5.74, 6) is 0.372. The molecule has 0 atom stereocenters. The van der Waals surface area contributed by atoms with Gasteiger partial charge in [0, 0.05) is 6.20 Å². The summed E-state index contributed by atoms with van der Waals surface area (Å²) < 4.78 is 5.57.